The number of hydrogen-bond acceptors (Lipinski definition) is 3. The number of halogens is 1. The number of nitrogens with zero attached hydrogens (tertiary/aromatic N) is 2. The summed E-state index contributed by atoms with van der Waals surface area (Å²) in [6.45, 7) is 2.13. The Morgan fingerprint density at radius 2 is 1.58 bits per heavy atom. The fourth-order valence-corrected chi connectivity index (χ4v) is 2.61. The van der Waals surface area contributed by atoms with Gasteiger partial charge in [0.2, 0.25) is 0 Å². The van der Waals surface area contributed by atoms with Crippen LogP contribution < -0.4 is 0 Å². The molecule has 24 heavy (non-hydrogen) atoms. The van der Waals surface area contributed by atoms with Crippen LogP contribution in [0.5, 0.6) is 0 Å². The van der Waals surface area contributed by atoms with Gasteiger partial charge >= 0.3 is 0 Å². The molecule has 0 radical (unpaired) electrons. The van der Waals surface area contributed by atoms with Gasteiger partial charge in [-0.1, -0.05) is 55.5 Å². The van der Waals surface area contributed by atoms with Crippen LogP contribution in [0, 0.1) is 5.82 Å². The van der Waals surface area contributed by atoms with E-state index >= 15 is 0 Å². The highest BCUT2D eigenvalue weighted by atomic mass is 32.1. The van der Waals surface area contributed by atoms with Crippen LogP contribution in [0.2, 0.25) is 0 Å². The summed E-state index contributed by atoms with van der Waals surface area (Å²) in [6, 6.07) is 17.5. The second kappa shape index (κ2) is 7.26. The van der Waals surface area contributed by atoms with Crippen LogP contribution >= 0.6 is 12.2 Å². The predicted octanol–water partition coefficient (Wildman–Crippen LogP) is 5.85. The van der Waals surface area contributed by atoms with Gasteiger partial charge in [0.25, 0.3) is 0 Å². The summed E-state index contributed by atoms with van der Waals surface area (Å²) >= 11 is 4.50. The van der Waals surface area contributed by atoms with Crippen LogP contribution in [0.1, 0.15) is 12.5 Å². The van der Waals surface area contributed by atoms with Gasteiger partial charge in [0.05, 0.1) is 5.16 Å². The molecule has 3 rings (SSSR count). The SMILES string of the molecule is CCc1ccc(-c2ccc(-c3cnc(N=C=S)cc3F)cc2)cc1. The highest BCUT2D eigenvalue weighted by Gasteiger charge is 2.07. The first-order valence-corrected chi connectivity index (χ1v) is 8.05. The Bertz CT molecular complexity index is 896. The lowest BCUT2D eigenvalue weighted by atomic mass is 10.00. The lowest BCUT2D eigenvalue weighted by Gasteiger charge is -2.07. The average Bonchev–Trinajstić information content (AvgIpc) is 2.62. The summed E-state index contributed by atoms with van der Waals surface area (Å²) in [5.74, 6) is -0.159. The smallest absolute Gasteiger partial charge is 0.165 e. The first-order valence-electron chi connectivity index (χ1n) is 7.64. The minimum absolute atomic E-state index is 0.221. The van der Waals surface area contributed by atoms with E-state index in [0.29, 0.717) is 5.56 Å². The van der Waals surface area contributed by atoms with Crippen molar-refractivity contribution in [2.45, 2.75) is 13.3 Å². The van der Waals surface area contributed by atoms with Crippen molar-refractivity contribution in [1.82, 2.24) is 4.98 Å². The molecule has 0 unspecified atom stereocenters. The van der Waals surface area contributed by atoms with Crippen molar-refractivity contribution in [3.05, 3.63) is 72.2 Å². The number of thiocarbonyl (C=S) groups is 1. The highest BCUT2D eigenvalue weighted by molar-refractivity contribution is 7.78. The summed E-state index contributed by atoms with van der Waals surface area (Å²) in [6.07, 6.45) is 2.49. The molecule has 2 nitrogen and oxygen atoms in total. The van der Waals surface area contributed by atoms with Crippen LogP contribution in [0.25, 0.3) is 22.3 Å². The fourth-order valence-electron chi connectivity index (χ4n) is 2.52. The molecule has 0 aliphatic heterocycles. The molecule has 0 N–H and O–H groups in total. The first-order chi connectivity index (χ1) is 11.7. The van der Waals surface area contributed by atoms with Crippen molar-refractivity contribution in [3.8, 4) is 22.3 Å². The third kappa shape index (κ3) is 3.46. The average molecular weight is 334 g/mol. The Balaban J connectivity index is 1.90. The molecule has 2 aromatic carbocycles. The van der Waals surface area contributed by atoms with E-state index < -0.39 is 0 Å². The first kappa shape index (κ1) is 16.2. The van der Waals surface area contributed by atoms with E-state index in [1.807, 2.05) is 24.3 Å². The van der Waals surface area contributed by atoms with Crippen LogP contribution in [-0.4, -0.2) is 10.1 Å². The van der Waals surface area contributed by atoms with Gasteiger partial charge in [-0.15, -0.1) is 0 Å². The molecule has 118 valence electrons. The molecule has 0 saturated heterocycles. The van der Waals surface area contributed by atoms with Crippen molar-refractivity contribution < 1.29 is 4.39 Å². The Labute approximate surface area is 145 Å². The summed E-state index contributed by atoms with van der Waals surface area (Å²) in [5, 5.41) is 2.18. The Kier molecular flexibility index (Phi) is 4.90. The number of hydrogen-bond donors (Lipinski definition) is 0. The van der Waals surface area contributed by atoms with E-state index in [-0.39, 0.29) is 11.6 Å². The predicted molar refractivity (Wildman–Crippen MR) is 99.1 cm³/mol. The number of aromatic nitrogens is 1. The van der Waals surface area contributed by atoms with E-state index in [9.17, 15) is 4.39 Å². The normalized spacial score (nSPS) is 10.2. The maximum atomic E-state index is 14.2. The molecule has 4 heteroatoms. The number of pyridine rings is 1. The molecule has 0 bridgehead atoms. The molecule has 0 amide bonds. The quantitative estimate of drug-likeness (QED) is 0.441. The largest absolute Gasteiger partial charge is 0.236 e. The van der Waals surface area contributed by atoms with Crippen molar-refractivity contribution in [1.29, 1.82) is 0 Å². The number of rotatable bonds is 4. The minimum atomic E-state index is -0.381. The number of isothiocyanates is 1. The van der Waals surface area contributed by atoms with Crippen molar-refractivity contribution >= 4 is 23.2 Å². The van der Waals surface area contributed by atoms with Crippen LogP contribution in [-0.2, 0) is 6.42 Å². The molecule has 0 aliphatic carbocycles. The van der Waals surface area contributed by atoms with E-state index in [4.69, 9.17) is 0 Å². The zero-order valence-electron chi connectivity index (χ0n) is 13.2. The van der Waals surface area contributed by atoms with Crippen LogP contribution in [0.4, 0.5) is 10.2 Å². The number of aliphatic imine (C=N–C) groups is 1. The van der Waals surface area contributed by atoms with Gasteiger partial charge in [-0.05, 0) is 40.9 Å². The number of benzene rings is 2. The van der Waals surface area contributed by atoms with E-state index in [1.165, 1.54) is 17.8 Å². The molecule has 0 aliphatic rings. The van der Waals surface area contributed by atoms with Gasteiger partial charge in [0.15, 0.2) is 5.82 Å². The van der Waals surface area contributed by atoms with Gasteiger partial charge < -0.3 is 0 Å². The monoisotopic (exact) mass is 334 g/mol. The summed E-state index contributed by atoms with van der Waals surface area (Å²) < 4.78 is 14.2. The van der Waals surface area contributed by atoms with Gasteiger partial charge in [0.1, 0.15) is 5.82 Å². The highest BCUT2D eigenvalue weighted by Crippen LogP contribution is 2.27. The lowest BCUT2D eigenvalue weighted by Crippen LogP contribution is -1.87. The minimum Gasteiger partial charge on any atom is -0.236 e. The molecule has 1 aromatic heterocycles. The number of aryl methyl sites for hydroxylation is 1. The maximum Gasteiger partial charge on any atom is 0.165 e. The lowest BCUT2D eigenvalue weighted by molar-refractivity contribution is 0.629. The molecular weight excluding hydrogens is 319 g/mol. The summed E-state index contributed by atoms with van der Waals surface area (Å²) in [4.78, 5) is 7.75. The van der Waals surface area contributed by atoms with Crippen LogP contribution in [0.15, 0.2) is 65.8 Å². The molecule has 0 fully saturated rings. The molecule has 3 aromatic rings. The Morgan fingerprint density at radius 1 is 1.00 bits per heavy atom. The second-order valence-electron chi connectivity index (χ2n) is 5.35. The third-order valence-corrected chi connectivity index (χ3v) is 3.98. The fraction of sp³-hybridized carbons (Fsp3) is 0.100. The molecule has 0 atom stereocenters. The zero-order valence-corrected chi connectivity index (χ0v) is 14.0. The molecule has 0 spiro atoms. The maximum absolute atomic E-state index is 14.2. The topological polar surface area (TPSA) is 25.2 Å². The second-order valence-corrected chi connectivity index (χ2v) is 5.54. The van der Waals surface area contributed by atoms with Crippen molar-refractivity contribution in [2.75, 3.05) is 0 Å². The Morgan fingerprint density at radius 3 is 2.12 bits per heavy atom. The zero-order chi connectivity index (χ0) is 16.9. The summed E-state index contributed by atoms with van der Waals surface area (Å²) in [5.41, 5.74) is 4.75. The molecule has 0 saturated carbocycles. The molecular formula is C20H15FN2S. The van der Waals surface area contributed by atoms with Crippen molar-refractivity contribution in [2.24, 2.45) is 4.99 Å². The van der Waals surface area contributed by atoms with Gasteiger partial charge in [-0.25, -0.2) is 9.37 Å². The van der Waals surface area contributed by atoms with E-state index in [1.54, 1.807) is 0 Å². The van der Waals surface area contributed by atoms with Gasteiger partial charge in [-0.2, -0.15) is 4.99 Å². The van der Waals surface area contributed by atoms with E-state index in [0.717, 1.165) is 23.1 Å². The van der Waals surface area contributed by atoms with E-state index in [2.05, 4.69) is 58.5 Å². The van der Waals surface area contributed by atoms with Gasteiger partial charge in [0, 0.05) is 17.8 Å². The van der Waals surface area contributed by atoms with Crippen LogP contribution in [0.3, 0.4) is 0 Å². The van der Waals surface area contributed by atoms with Gasteiger partial charge in [-0.3, -0.25) is 0 Å². The standard InChI is InChI=1S/C20H15FN2S/c1-2-14-3-5-15(6-4-14)16-7-9-17(10-8-16)18-12-22-20(23-13-24)11-19(18)21/h3-12H,2H2,1H3. The summed E-state index contributed by atoms with van der Waals surface area (Å²) in [7, 11) is 0. The van der Waals surface area contributed by atoms with Crippen molar-refractivity contribution in [3.63, 3.8) is 0 Å². The Hall–Kier alpha value is -2.68. The third-order valence-electron chi connectivity index (χ3n) is 3.89. The molecule has 1 heterocycles.